The molecule has 0 saturated heterocycles. The largest absolute Gasteiger partial charge is 0.303 e. The molecule has 0 aliphatic heterocycles. The van der Waals surface area contributed by atoms with Gasteiger partial charge in [-0.1, -0.05) is 23.8 Å². The van der Waals surface area contributed by atoms with Crippen molar-refractivity contribution in [2.24, 2.45) is 0 Å². The molecule has 0 aliphatic carbocycles. The van der Waals surface area contributed by atoms with Crippen LogP contribution in [0.1, 0.15) is 42.3 Å². The van der Waals surface area contributed by atoms with Crippen LogP contribution in [0.3, 0.4) is 0 Å². The lowest BCUT2D eigenvalue weighted by Crippen LogP contribution is -2.30. The van der Waals surface area contributed by atoms with Crippen molar-refractivity contribution in [3.63, 3.8) is 0 Å². The van der Waals surface area contributed by atoms with Crippen LogP contribution < -0.4 is 5.32 Å². The maximum Gasteiger partial charge on any atom is 0.141 e. The minimum atomic E-state index is -0.308. The van der Waals surface area contributed by atoms with E-state index in [0.29, 0.717) is 6.04 Å². The summed E-state index contributed by atoms with van der Waals surface area (Å²) in [5.74, 6) is -0.308. The number of pyridine rings is 1. The van der Waals surface area contributed by atoms with Crippen LogP contribution in [0.5, 0.6) is 0 Å². The van der Waals surface area contributed by atoms with E-state index in [9.17, 15) is 4.39 Å². The highest BCUT2D eigenvalue weighted by Gasteiger charge is 2.18. The molecule has 1 N–H and O–H groups in total. The quantitative estimate of drug-likeness (QED) is 0.912. The number of benzene rings is 1. The van der Waals surface area contributed by atoms with Crippen molar-refractivity contribution >= 4 is 0 Å². The number of halogens is 1. The van der Waals surface area contributed by atoms with Crippen LogP contribution in [-0.2, 0) is 0 Å². The number of hydrogen-bond donors (Lipinski definition) is 1. The van der Waals surface area contributed by atoms with Crippen LogP contribution >= 0.6 is 0 Å². The van der Waals surface area contributed by atoms with E-state index in [1.54, 1.807) is 6.07 Å². The summed E-state index contributed by atoms with van der Waals surface area (Å²) in [6.45, 7) is 8.37. The molecule has 0 fully saturated rings. The molecule has 2 rings (SSSR count). The van der Waals surface area contributed by atoms with Gasteiger partial charge in [0.05, 0.1) is 17.9 Å². The predicted molar refractivity (Wildman–Crippen MR) is 80.2 cm³/mol. The molecule has 20 heavy (non-hydrogen) atoms. The van der Waals surface area contributed by atoms with E-state index in [1.807, 2.05) is 0 Å². The van der Waals surface area contributed by atoms with Crippen molar-refractivity contribution in [1.82, 2.24) is 10.3 Å². The van der Waals surface area contributed by atoms with Gasteiger partial charge in [0, 0.05) is 6.04 Å². The third kappa shape index (κ3) is 3.42. The van der Waals surface area contributed by atoms with E-state index >= 15 is 0 Å². The summed E-state index contributed by atoms with van der Waals surface area (Å²) in [5, 5.41) is 3.51. The van der Waals surface area contributed by atoms with Crippen molar-refractivity contribution in [2.45, 2.75) is 39.8 Å². The molecule has 2 aromatic rings. The zero-order valence-electron chi connectivity index (χ0n) is 12.4. The lowest BCUT2D eigenvalue weighted by Gasteiger charge is -2.23. The first-order valence-corrected chi connectivity index (χ1v) is 6.92. The van der Waals surface area contributed by atoms with Gasteiger partial charge in [-0.15, -0.1) is 0 Å². The van der Waals surface area contributed by atoms with Crippen molar-refractivity contribution < 1.29 is 4.39 Å². The number of aryl methyl sites for hydroxylation is 2. The summed E-state index contributed by atoms with van der Waals surface area (Å²) in [6, 6.07) is 9.88. The highest BCUT2D eigenvalue weighted by molar-refractivity contribution is 5.37. The highest BCUT2D eigenvalue weighted by Crippen LogP contribution is 2.25. The van der Waals surface area contributed by atoms with E-state index in [0.717, 1.165) is 5.69 Å². The van der Waals surface area contributed by atoms with E-state index in [2.05, 4.69) is 56.2 Å². The SMILES string of the molecule is Cc1ccc(C(NC(C)C)c2ccc(F)cn2)c(C)c1. The fourth-order valence-corrected chi connectivity index (χ4v) is 2.38. The van der Waals surface area contributed by atoms with Crippen molar-refractivity contribution in [1.29, 1.82) is 0 Å². The van der Waals surface area contributed by atoms with E-state index in [-0.39, 0.29) is 11.9 Å². The number of nitrogens with one attached hydrogen (secondary N) is 1. The van der Waals surface area contributed by atoms with Gasteiger partial charge in [-0.25, -0.2) is 4.39 Å². The molecule has 1 unspecified atom stereocenters. The summed E-state index contributed by atoms with van der Waals surface area (Å²) < 4.78 is 13.1. The highest BCUT2D eigenvalue weighted by atomic mass is 19.1. The molecule has 0 radical (unpaired) electrons. The Balaban J connectivity index is 2.43. The van der Waals surface area contributed by atoms with Crippen LogP contribution in [0, 0.1) is 19.7 Å². The summed E-state index contributed by atoms with van der Waals surface area (Å²) in [7, 11) is 0. The maximum atomic E-state index is 13.1. The monoisotopic (exact) mass is 272 g/mol. The van der Waals surface area contributed by atoms with Crippen LogP contribution in [0.25, 0.3) is 0 Å². The van der Waals surface area contributed by atoms with Gasteiger partial charge in [0.25, 0.3) is 0 Å². The molecule has 2 nitrogen and oxygen atoms in total. The normalized spacial score (nSPS) is 12.7. The molecule has 3 heteroatoms. The molecular weight excluding hydrogens is 251 g/mol. The van der Waals surface area contributed by atoms with Crippen molar-refractivity contribution in [3.8, 4) is 0 Å². The van der Waals surface area contributed by atoms with Crippen LogP contribution in [0.15, 0.2) is 36.5 Å². The van der Waals surface area contributed by atoms with Gasteiger partial charge in [-0.05, 0) is 51.0 Å². The lowest BCUT2D eigenvalue weighted by molar-refractivity contribution is 0.516. The molecule has 0 bridgehead atoms. The molecule has 1 aromatic heterocycles. The first-order chi connectivity index (χ1) is 9.47. The lowest BCUT2D eigenvalue weighted by atomic mass is 9.96. The van der Waals surface area contributed by atoms with Gasteiger partial charge in [0.2, 0.25) is 0 Å². The second-order valence-electron chi connectivity index (χ2n) is 5.52. The summed E-state index contributed by atoms with van der Waals surface area (Å²) in [4.78, 5) is 4.23. The Kier molecular flexibility index (Phi) is 4.50. The van der Waals surface area contributed by atoms with Gasteiger partial charge >= 0.3 is 0 Å². The average Bonchev–Trinajstić information content (AvgIpc) is 2.37. The van der Waals surface area contributed by atoms with Crippen LogP contribution in [0.4, 0.5) is 4.39 Å². The number of rotatable bonds is 4. The summed E-state index contributed by atoms with van der Waals surface area (Å²) >= 11 is 0. The first kappa shape index (κ1) is 14.7. The fourth-order valence-electron chi connectivity index (χ4n) is 2.38. The Morgan fingerprint density at radius 2 is 1.85 bits per heavy atom. The van der Waals surface area contributed by atoms with Gasteiger partial charge < -0.3 is 5.32 Å². The topological polar surface area (TPSA) is 24.9 Å². The first-order valence-electron chi connectivity index (χ1n) is 6.92. The molecule has 1 heterocycles. The average molecular weight is 272 g/mol. The van der Waals surface area contributed by atoms with Crippen molar-refractivity contribution in [2.75, 3.05) is 0 Å². The van der Waals surface area contributed by atoms with E-state index < -0.39 is 0 Å². The number of hydrogen-bond acceptors (Lipinski definition) is 2. The molecule has 0 spiro atoms. The Morgan fingerprint density at radius 1 is 1.10 bits per heavy atom. The fraction of sp³-hybridized carbons (Fsp3) is 0.353. The molecule has 0 amide bonds. The Morgan fingerprint density at radius 3 is 2.40 bits per heavy atom. The number of aromatic nitrogens is 1. The summed E-state index contributed by atoms with van der Waals surface area (Å²) in [5.41, 5.74) is 4.48. The van der Waals surface area contributed by atoms with Gasteiger partial charge in [0.1, 0.15) is 5.82 Å². The molecule has 1 atom stereocenters. The number of nitrogens with zero attached hydrogens (tertiary/aromatic N) is 1. The van der Waals surface area contributed by atoms with Gasteiger partial charge in [0.15, 0.2) is 0 Å². The molecule has 0 saturated carbocycles. The minimum absolute atomic E-state index is 0.0174. The Labute approximate surface area is 120 Å². The maximum absolute atomic E-state index is 13.1. The predicted octanol–water partition coefficient (Wildman–Crippen LogP) is 3.92. The van der Waals surface area contributed by atoms with Gasteiger partial charge in [-0.3, -0.25) is 4.98 Å². The molecular formula is C17H21FN2. The van der Waals surface area contributed by atoms with E-state index in [4.69, 9.17) is 0 Å². The van der Waals surface area contributed by atoms with Crippen LogP contribution in [0.2, 0.25) is 0 Å². The third-order valence-electron chi connectivity index (χ3n) is 3.28. The molecule has 1 aromatic carbocycles. The second kappa shape index (κ2) is 6.14. The smallest absolute Gasteiger partial charge is 0.141 e. The Hall–Kier alpha value is -1.74. The minimum Gasteiger partial charge on any atom is -0.303 e. The zero-order valence-corrected chi connectivity index (χ0v) is 12.4. The Bertz CT molecular complexity index is 576. The molecule has 106 valence electrons. The van der Waals surface area contributed by atoms with E-state index in [1.165, 1.54) is 29.0 Å². The summed E-state index contributed by atoms with van der Waals surface area (Å²) in [6.07, 6.45) is 1.27. The molecule has 0 aliphatic rings. The third-order valence-corrected chi connectivity index (χ3v) is 3.28. The van der Waals surface area contributed by atoms with Gasteiger partial charge in [-0.2, -0.15) is 0 Å². The standard InChI is InChI=1S/C17H21FN2/c1-11(2)20-17(16-8-6-14(18)10-19-16)15-7-5-12(3)9-13(15)4/h5-11,17,20H,1-4H3. The second-order valence-corrected chi connectivity index (χ2v) is 5.52. The van der Waals surface area contributed by atoms with Crippen LogP contribution in [-0.4, -0.2) is 11.0 Å². The van der Waals surface area contributed by atoms with Crippen molar-refractivity contribution in [3.05, 3.63) is 64.7 Å². The zero-order chi connectivity index (χ0) is 14.7.